The van der Waals surface area contributed by atoms with Crippen molar-refractivity contribution < 1.29 is 22.2 Å². The Bertz CT molecular complexity index is 900. The van der Waals surface area contributed by atoms with Crippen LogP contribution in [0.1, 0.15) is 39.1 Å². The van der Waals surface area contributed by atoms with E-state index < -0.39 is 10.1 Å². The lowest BCUT2D eigenvalue weighted by Gasteiger charge is -2.13. The number of amides is 2. The highest BCUT2D eigenvalue weighted by Crippen LogP contribution is 2.22. The van der Waals surface area contributed by atoms with E-state index in [1.807, 2.05) is 6.92 Å². The zero-order chi connectivity index (χ0) is 18.7. The first-order valence-electron chi connectivity index (χ1n) is 8.31. The molecule has 2 aromatic rings. The van der Waals surface area contributed by atoms with Crippen molar-refractivity contribution >= 4 is 21.9 Å². The second-order valence-electron chi connectivity index (χ2n) is 6.10. The average molecular weight is 373 g/mol. The Labute approximate surface area is 152 Å². The van der Waals surface area contributed by atoms with Gasteiger partial charge in [0, 0.05) is 6.54 Å². The maximum Gasteiger partial charge on any atom is 0.296 e. The first kappa shape index (κ1) is 18.3. The fourth-order valence-corrected chi connectivity index (χ4v) is 3.70. The van der Waals surface area contributed by atoms with Crippen LogP contribution in [-0.2, 0) is 14.3 Å². The van der Waals surface area contributed by atoms with Crippen LogP contribution < -0.4 is 0 Å². The quantitative estimate of drug-likeness (QED) is 0.423. The molecule has 0 N–H and O–H groups in total. The van der Waals surface area contributed by atoms with Crippen LogP contribution in [0.5, 0.6) is 0 Å². The van der Waals surface area contributed by atoms with Crippen molar-refractivity contribution in [1.82, 2.24) is 4.90 Å². The number of aryl methyl sites for hydroxylation is 1. The van der Waals surface area contributed by atoms with Crippen LogP contribution >= 0.6 is 0 Å². The van der Waals surface area contributed by atoms with Gasteiger partial charge < -0.3 is 0 Å². The normalized spacial score (nSPS) is 14.0. The van der Waals surface area contributed by atoms with E-state index in [1.165, 1.54) is 17.0 Å². The number of rotatable bonds is 7. The highest BCUT2D eigenvalue weighted by Gasteiger charge is 2.34. The topological polar surface area (TPSA) is 80.8 Å². The number of carbonyl (C=O) groups excluding carboxylic acids is 2. The Morgan fingerprint density at radius 2 is 1.46 bits per heavy atom. The molecule has 0 bridgehead atoms. The minimum Gasteiger partial charge on any atom is -0.274 e. The summed E-state index contributed by atoms with van der Waals surface area (Å²) in [5.41, 5.74) is 1.79. The van der Waals surface area contributed by atoms with Gasteiger partial charge in [0.05, 0.1) is 22.6 Å². The molecule has 0 spiro atoms. The summed E-state index contributed by atoms with van der Waals surface area (Å²) in [5.74, 6) is -0.613. The predicted molar refractivity (Wildman–Crippen MR) is 95.4 cm³/mol. The number of nitrogens with zero attached hydrogens (tertiary/aromatic N) is 1. The molecule has 2 amide bonds. The number of hydrogen-bond donors (Lipinski definition) is 0. The van der Waals surface area contributed by atoms with Crippen LogP contribution in [0, 0.1) is 6.92 Å². The fraction of sp³-hybridized carbons (Fsp3) is 0.263. The molecule has 26 heavy (non-hydrogen) atoms. The number of fused-ring (bicyclic) bond motifs is 1. The van der Waals surface area contributed by atoms with Gasteiger partial charge in [-0.15, -0.1) is 0 Å². The van der Waals surface area contributed by atoms with Gasteiger partial charge >= 0.3 is 0 Å². The third-order valence-electron chi connectivity index (χ3n) is 4.20. The van der Waals surface area contributed by atoms with Gasteiger partial charge in [-0.05, 0) is 44.0 Å². The van der Waals surface area contributed by atoms with Crippen LogP contribution in [-0.4, -0.2) is 38.3 Å². The highest BCUT2D eigenvalue weighted by atomic mass is 32.2. The minimum absolute atomic E-state index is 0.000616. The molecule has 0 aromatic heterocycles. The van der Waals surface area contributed by atoms with Gasteiger partial charge in [0.1, 0.15) is 0 Å². The van der Waals surface area contributed by atoms with Crippen molar-refractivity contribution in [2.24, 2.45) is 0 Å². The Morgan fingerprint density at radius 3 is 2.04 bits per heavy atom. The fourth-order valence-electron chi connectivity index (χ4n) is 2.76. The smallest absolute Gasteiger partial charge is 0.274 e. The molecule has 0 saturated carbocycles. The Kier molecular flexibility index (Phi) is 5.20. The largest absolute Gasteiger partial charge is 0.296 e. The van der Waals surface area contributed by atoms with Crippen LogP contribution in [0.2, 0.25) is 0 Å². The number of hydrogen-bond acceptors (Lipinski definition) is 5. The van der Waals surface area contributed by atoms with E-state index in [2.05, 4.69) is 0 Å². The molecule has 0 aliphatic carbocycles. The van der Waals surface area contributed by atoms with Gasteiger partial charge in [-0.2, -0.15) is 8.42 Å². The minimum atomic E-state index is -3.79. The Hall–Kier alpha value is -2.51. The molecule has 0 atom stereocenters. The first-order valence-corrected chi connectivity index (χ1v) is 9.72. The van der Waals surface area contributed by atoms with Crippen molar-refractivity contribution in [2.45, 2.75) is 24.7 Å². The summed E-state index contributed by atoms with van der Waals surface area (Å²) in [5, 5.41) is 0. The van der Waals surface area contributed by atoms with E-state index >= 15 is 0 Å². The van der Waals surface area contributed by atoms with Crippen molar-refractivity contribution in [2.75, 3.05) is 13.2 Å². The summed E-state index contributed by atoms with van der Waals surface area (Å²) < 4.78 is 29.2. The third kappa shape index (κ3) is 3.68. The molecule has 3 rings (SSSR count). The van der Waals surface area contributed by atoms with E-state index in [1.54, 1.807) is 36.4 Å². The van der Waals surface area contributed by atoms with E-state index in [0.29, 0.717) is 24.0 Å². The molecule has 1 aliphatic rings. The van der Waals surface area contributed by atoms with Crippen molar-refractivity contribution in [3.8, 4) is 0 Å². The highest BCUT2D eigenvalue weighted by molar-refractivity contribution is 7.86. The zero-order valence-electron chi connectivity index (χ0n) is 14.3. The van der Waals surface area contributed by atoms with Gasteiger partial charge in [-0.1, -0.05) is 29.8 Å². The molecule has 0 saturated heterocycles. The van der Waals surface area contributed by atoms with Crippen molar-refractivity contribution in [3.05, 3.63) is 65.2 Å². The standard InChI is InChI=1S/C19H19NO5S/c1-14-8-10-15(11-9-14)26(23,24)25-13-5-4-12-20-18(21)16-6-2-3-7-17(16)19(20)22/h2-3,6-11H,4-5,12-13H2,1H3. The zero-order valence-corrected chi connectivity index (χ0v) is 15.2. The number of benzene rings is 2. The Balaban J connectivity index is 1.49. The summed E-state index contributed by atoms with van der Waals surface area (Å²) in [7, 11) is -3.79. The van der Waals surface area contributed by atoms with Gasteiger partial charge in [0.2, 0.25) is 0 Å². The summed E-state index contributed by atoms with van der Waals surface area (Å²) in [6.45, 7) is 2.11. The predicted octanol–water partition coefficient (Wildman–Crippen LogP) is 2.78. The molecule has 0 fully saturated rings. The van der Waals surface area contributed by atoms with E-state index in [4.69, 9.17) is 4.18 Å². The molecule has 2 aromatic carbocycles. The first-order chi connectivity index (χ1) is 12.4. The lowest BCUT2D eigenvalue weighted by Crippen LogP contribution is -2.30. The average Bonchev–Trinajstić information content (AvgIpc) is 2.87. The maximum atomic E-state index is 12.2. The van der Waals surface area contributed by atoms with E-state index in [-0.39, 0.29) is 29.9 Å². The van der Waals surface area contributed by atoms with Gasteiger partial charge in [-0.3, -0.25) is 18.7 Å². The lowest BCUT2D eigenvalue weighted by molar-refractivity contribution is 0.0649. The maximum absolute atomic E-state index is 12.2. The van der Waals surface area contributed by atoms with Crippen LogP contribution in [0.15, 0.2) is 53.4 Å². The molecule has 1 heterocycles. The molecule has 0 radical (unpaired) electrons. The Morgan fingerprint density at radius 1 is 0.885 bits per heavy atom. The van der Waals surface area contributed by atoms with E-state index in [9.17, 15) is 18.0 Å². The van der Waals surface area contributed by atoms with Gasteiger partial charge in [0.25, 0.3) is 21.9 Å². The van der Waals surface area contributed by atoms with Crippen LogP contribution in [0.4, 0.5) is 0 Å². The second-order valence-corrected chi connectivity index (χ2v) is 7.72. The van der Waals surface area contributed by atoms with Crippen LogP contribution in [0.3, 0.4) is 0 Å². The van der Waals surface area contributed by atoms with Crippen LogP contribution in [0.25, 0.3) is 0 Å². The monoisotopic (exact) mass is 373 g/mol. The summed E-state index contributed by atoms with van der Waals surface area (Å²) >= 11 is 0. The molecule has 1 aliphatic heterocycles. The molecular weight excluding hydrogens is 354 g/mol. The number of carbonyl (C=O) groups is 2. The summed E-state index contributed by atoms with van der Waals surface area (Å²) in [6.07, 6.45) is 0.882. The number of unbranched alkanes of at least 4 members (excludes halogenated alkanes) is 1. The molecule has 6 nitrogen and oxygen atoms in total. The van der Waals surface area contributed by atoms with Crippen molar-refractivity contribution in [1.29, 1.82) is 0 Å². The van der Waals surface area contributed by atoms with E-state index in [0.717, 1.165) is 5.56 Å². The molecule has 0 unspecified atom stereocenters. The summed E-state index contributed by atoms with van der Waals surface area (Å²) in [4.78, 5) is 25.7. The molecule has 7 heteroatoms. The second kappa shape index (κ2) is 7.39. The molecule has 136 valence electrons. The number of imide groups is 1. The lowest BCUT2D eigenvalue weighted by atomic mass is 10.1. The SMILES string of the molecule is Cc1ccc(S(=O)(=O)OCCCCN2C(=O)c3ccccc3C2=O)cc1. The van der Waals surface area contributed by atoms with Gasteiger partial charge in [0.15, 0.2) is 0 Å². The van der Waals surface area contributed by atoms with Gasteiger partial charge in [-0.25, -0.2) is 0 Å². The van der Waals surface area contributed by atoms with Crippen molar-refractivity contribution in [3.63, 3.8) is 0 Å². The third-order valence-corrected chi connectivity index (χ3v) is 5.53. The summed E-state index contributed by atoms with van der Waals surface area (Å²) in [6, 6.07) is 13.1. The molecular formula is C19H19NO5S.